The summed E-state index contributed by atoms with van der Waals surface area (Å²) in [6.07, 6.45) is 0. The van der Waals surface area contributed by atoms with Crippen molar-refractivity contribution in [3.63, 3.8) is 0 Å². The Morgan fingerprint density at radius 1 is 0.543 bits per heavy atom. The number of aryl methyl sites for hydroxylation is 3. The minimum atomic E-state index is 1.19. The van der Waals surface area contributed by atoms with Crippen molar-refractivity contribution < 1.29 is 0 Å². The lowest BCUT2D eigenvalue weighted by molar-refractivity contribution is 1.17. The number of rotatable bonds is 2. The summed E-state index contributed by atoms with van der Waals surface area (Å²) >= 11 is 1.80. The van der Waals surface area contributed by atoms with Crippen molar-refractivity contribution in [2.24, 2.45) is 0 Å². The summed E-state index contributed by atoms with van der Waals surface area (Å²) in [6, 6.07) is 37.7. The maximum absolute atomic E-state index is 2.38. The van der Waals surface area contributed by atoms with E-state index in [1.54, 1.807) is 11.3 Å². The van der Waals surface area contributed by atoms with Crippen LogP contribution in [0.1, 0.15) is 16.7 Å². The van der Waals surface area contributed by atoms with E-state index in [1.165, 1.54) is 65.4 Å². The number of nitrogens with zero attached hydrogens (tertiary/aromatic N) is 1. The Morgan fingerprint density at radius 2 is 1.31 bits per heavy atom. The minimum absolute atomic E-state index is 1.19. The molecular formula is C33H27NS. The zero-order valence-electron chi connectivity index (χ0n) is 20.2. The average Bonchev–Trinajstić information content (AvgIpc) is 3.23. The number of hydrogen-bond donors (Lipinski definition) is 0. The van der Waals surface area contributed by atoms with Crippen LogP contribution in [0.4, 0.5) is 0 Å². The summed E-state index contributed by atoms with van der Waals surface area (Å²) in [5.74, 6) is 0. The van der Waals surface area contributed by atoms with E-state index >= 15 is 0 Å². The van der Waals surface area contributed by atoms with Crippen molar-refractivity contribution in [1.29, 1.82) is 0 Å². The molecule has 0 fully saturated rings. The topological polar surface area (TPSA) is 4.93 Å². The molecule has 0 spiro atoms. The van der Waals surface area contributed by atoms with E-state index in [0.717, 1.165) is 0 Å². The fourth-order valence-electron chi connectivity index (χ4n) is 4.90. The molecule has 0 saturated carbocycles. The molecule has 4 aromatic carbocycles. The first-order valence-corrected chi connectivity index (χ1v) is 12.9. The van der Waals surface area contributed by atoms with E-state index in [1.807, 2.05) is 0 Å². The SMILES string of the molecule is Cc1ccc(-n2c3ccccc3c3cc(-c4cccc(C)c5cc(C)ccc5sc4)ccc32)cc1. The molecule has 0 unspecified atom stereocenters. The third-order valence-electron chi connectivity index (χ3n) is 6.79. The van der Waals surface area contributed by atoms with Gasteiger partial charge in [0.2, 0.25) is 0 Å². The molecule has 0 aliphatic heterocycles. The smallest absolute Gasteiger partial charge is 0.0541 e. The molecule has 0 atom stereocenters. The molecule has 170 valence electrons. The number of fused-ring (bicyclic) bond motifs is 4. The van der Waals surface area contributed by atoms with Gasteiger partial charge in [0.15, 0.2) is 0 Å². The van der Waals surface area contributed by atoms with Crippen LogP contribution in [0, 0.1) is 20.8 Å². The molecule has 2 aromatic heterocycles. The standard InChI is InChI=1S/C33H27NS/c1-22-11-15-27(16-12-22)34-31-10-5-4-9-28(31)30-20-25(14-17-32(30)34)26-8-6-7-24(3)29-19-23(2)13-18-33(29)35-21-26/h4-21H,1-3H3. The van der Waals surface area contributed by atoms with E-state index in [9.17, 15) is 0 Å². The first kappa shape index (κ1) is 21.6. The van der Waals surface area contributed by atoms with Crippen molar-refractivity contribution in [1.82, 2.24) is 4.57 Å². The number of para-hydroxylation sites is 1. The molecule has 0 aliphatic carbocycles. The van der Waals surface area contributed by atoms with Gasteiger partial charge >= 0.3 is 0 Å². The summed E-state index contributed by atoms with van der Waals surface area (Å²) in [4.78, 5) is 0. The summed E-state index contributed by atoms with van der Waals surface area (Å²) in [6.45, 7) is 6.49. The van der Waals surface area contributed by atoms with Gasteiger partial charge in [-0.15, -0.1) is 11.3 Å². The first-order valence-electron chi connectivity index (χ1n) is 12.0. The Labute approximate surface area is 210 Å². The molecule has 0 bridgehead atoms. The lowest BCUT2D eigenvalue weighted by atomic mass is 10.0. The second-order valence-electron chi connectivity index (χ2n) is 9.32. The molecule has 1 nitrogen and oxygen atoms in total. The molecule has 35 heavy (non-hydrogen) atoms. The summed E-state index contributed by atoms with van der Waals surface area (Å²) < 4.78 is 3.67. The molecular weight excluding hydrogens is 442 g/mol. The highest BCUT2D eigenvalue weighted by atomic mass is 32.1. The Kier molecular flexibility index (Phi) is 5.39. The Balaban J connectivity index is 1.59. The third kappa shape index (κ3) is 3.90. The van der Waals surface area contributed by atoms with Crippen molar-refractivity contribution in [2.75, 3.05) is 0 Å². The first-order chi connectivity index (χ1) is 17.1. The van der Waals surface area contributed by atoms with E-state index in [-0.39, 0.29) is 0 Å². The Hall–Kier alpha value is -3.88. The van der Waals surface area contributed by atoms with Gasteiger partial charge in [0.1, 0.15) is 0 Å². The lowest BCUT2D eigenvalue weighted by Crippen LogP contribution is -1.93. The maximum atomic E-state index is 2.38. The second-order valence-corrected chi connectivity index (χ2v) is 10.2. The van der Waals surface area contributed by atoms with E-state index in [4.69, 9.17) is 0 Å². The van der Waals surface area contributed by atoms with Crippen LogP contribution in [0.5, 0.6) is 0 Å². The Bertz CT molecular complexity index is 1770. The molecule has 0 aliphatic rings. The van der Waals surface area contributed by atoms with Crippen LogP contribution in [-0.2, 0) is 0 Å². The van der Waals surface area contributed by atoms with Gasteiger partial charge in [-0.05, 0) is 84.6 Å². The molecule has 0 radical (unpaired) electrons. The van der Waals surface area contributed by atoms with Crippen molar-refractivity contribution in [3.05, 3.63) is 125 Å². The summed E-state index contributed by atoms with van der Waals surface area (Å²) in [7, 11) is 0. The van der Waals surface area contributed by atoms with Gasteiger partial charge in [0.25, 0.3) is 0 Å². The third-order valence-corrected chi connectivity index (χ3v) is 7.77. The van der Waals surface area contributed by atoms with Crippen LogP contribution in [0.2, 0.25) is 0 Å². The molecule has 6 aromatic rings. The quantitative estimate of drug-likeness (QED) is 0.238. The monoisotopic (exact) mass is 469 g/mol. The molecule has 2 heterocycles. The zero-order chi connectivity index (χ0) is 23.9. The number of benzene rings is 4. The fourth-order valence-corrected chi connectivity index (χ4v) is 5.86. The molecule has 0 amide bonds. The molecule has 0 N–H and O–H groups in total. The van der Waals surface area contributed by atoms with Crippen LogP contribution in [0.3, 0.4) is 0 Å². The predicted molar refractivity (Wildman–Crippen MR) is 153 cm³/mol. The van der Waals surface area contributed by atoms with Crippen molar-refractivity contribution in [2.45, 2.75) is 20.8 Å². The maximum Gasteiger partial charge on any atom is 0.0541 e. The van der Waals surface area contributed by atoms with Crippen molar-refractivity contribution >= 4 is 43.2 Å². The summed E-state index contributed by atoms with van der Waals surface area (Å²) in [5, 5.41) is 6.16. The van der Waals surface area contributed by atoms with Crippen molar-refractivity contribution in [3.8, 4) is 16.8 Å². The van der Waals surface area contributed by atoms with Gasteiger partial charge in [-0.2, -0.15) is 0 Å². The summed E-state index contributed by atoms with van der Waals surface area (Å²) in [5.41, 5.74) is 9.97. The normalized spacial score (nSPS) is 11.3. The van der Waals surface area contributed by atoms with Gasteiger partial charge in [0.05, 0.1) is 11.0 Å². The van der Waals surface area contributed by atoms with E-state index < -0.39 is 0 Å². The molecule has 6 rings (SSSR count). The molecule has 0 saturated heterocycles. The minimum Gasteiger partial charge on any atom is -0.309 e. The predicted octanol–water partition coefficient (Wildman–Crippen LogP) is 9.72. The van der Waals surface area contributed by atoms with E-state index in [0.29, 0.717) is 0 Å². The highest BCUT2D eigenvalue weighted by Gasteiger charge is 2.13. The zero-order valence-corrected chi connectivity index (χ0v) is 21.1. The van der Waals surface area contributed by atoms with Gasteiger partial charge in [-0.3, -0.25) is 0 Å². The van der Waals surface area contributed by atoms with Crippen LogP contribution < -0.4 is 0 Å². The Morgan fingerprint density at radius 3 is 2.17 bits per heavy atom. The lowest BCUT2D eigenvalue weighted by Gasteiger charge is -2.08. The number of hydrogen-bond acceptors (Lipinski definition) is 1. The average molecular weight is 470 g/mol. The van der Waals surface area contributed by atoms with Gasteiger partial charge in [-0.1, -0.05) is 77.9 Å². The molecule has 2 heteroatoms. The fraction of sp³-hybridized carbons (Fsp3) is 0.0909. The van der Waals surface area contributed by atoms with Gasteiger partial charge in [0, 0.05) is 21.2 Å². The van der Waals surface area contributed by atoms with Crippen LogP contribution >= 0.6 is 11.3 Å². The number of aromatic nitrogens is 1. The van der Waals surface area contributed by atoms with Gasteiger partial charge < -0.3 is 4.57 Å². The largest absolute Gasteiger partial charge is 0.309 e. The van der Waals surface area contributed by atoms with Crippen LogP contribution in [-0.4, -0.2) is 4.57 Å². The van der Waals surface area contributed by atoms with E-state index in [2.05, 4.69) is 134 Å². The second kappa shape index (κ2) is 8.72. The van der Waals surface area contributed by atoms with Gasteiger partial charge in [-0.25, -0.2) is 0 Å². The van der Waals surface area contributed by atoms with Crippen LogP contribution in [0.15, 0.2) is 109 Å². The highest BCUT2D eigenvalue weighted by Crippen LogP contribution is 2.35. The highest BCUT2D eigenvalue weighted by molar-refractivity contribution is 7.16. The van der Waals surface area contributed by atoms with Crippen LogP contribution in [0.25, 0.3) is 48.7 Å².